The average Bonchev–Trinajstić information content (AvgIpc) is 2.43. The van der Waals surface area contributed by atoms with Crippen LogP contribution in [0.5, 0.6) is 0 Å². The second kappa shape index (κ2) is 6.43. The van der Waals surface area contributed by atoms with Crippen molar-refractivity contribution in [3.63, 3.8) is 0 Å². The largest absolute Gasteiger partial charge is 0.335 e. The molecule has 0 saturated heterocycles. The number of benzene rings is 1. The fourth-order valence-corrected chi connectivity index (χ4v) is 1.87. The van der Waals surface area contributed by atoms with Crippen molar-refractivity contribution in [3.05, 3.63) is 53.7 Å². The molecule has 2 aromatic rings. The van der Waals surface area contributed by atoms with E-state index in [9.17, 15) is 13.6 Å². The Morgan fingerprint density at radius 3 is 2.38 bits per heavy atom. The lowest BCUT2D eigenvalue weighted by atomic mass is 10.0. The molecule has 0 aliphatic heterocycles. The number of carbonyl (C=O) groups is 1. The van der Waals surface area contributed by atoms with E-state index in [-0.39, 0.29) is 23.2 Å². The summed E-state index contributed by atoms with van der Waals surface area (Å²) in [7, 11) is 0. The number of Topliss-reactive ketones (excluding diaryl/α,β-unsaturated/α-hetero) is 1. The zero-order valence-electron chi connectivity index (χ0n) is 11.9. The second-order valence-electron chi connectivity index (χ2n) is 5.17. The number of hydrogen-bond donors (Lipinski definition) is 1. The standard InChI is InChI=1S/C16H16F2N2O/c1-10(2)8-14(21)11-6-7-15(19-9-11)20-16-12(17)4-3-5-13(16)18/h3-7,9-10H,8H2,1-2H3,(H,19,20). The molecule has 0 fully saturated rings. The number of aromatic nitrogens is 1. The topological polar surface area (TPSA) is 42.0 Å². The van der Waals surface area contributed by atoms with E-state index in [1.54, 1.807) is 6.07 Å². The van der Waals surface area contributed by atoms with Crippen molar-refractivity contribution in [1.29, 1.82) is 0 Å². The predicted octanol–water partition coefficient (Wildman–Crippen LogP) is 4.33. The first-order chi connectivity index (χ1) is 9.97. The maximum atomic E-state index is 13.5. The fourth-order valence-electron chi connectivity index (χ4n) is 1.87. The monoisotopic (exact) mass is 290 g/mol. The highest BCUT2D eigenvalue weighted by molar-refractivity contribution is 5.96. The Hall–Kier alpha value is -2.30. The van der Waals surface area contributed by atoms with Gasteiger partial charge in [0, 0.05) is 18.2 Å². The van der Waals surface area contributed by atoms with E-state index in [0.29, 0.717) is 12.0 Å². The van der Waals surface area contributed by atoms with Gasteiger partial charge in [0.25, 0.3) is 0 Å². The van der Waals surface area contributed by atoms with Crippen LogP contribution in [0.25, 0.3) is 0 Å². The van der Waals surface area contributed by atoms with Gasteiger partial charge in [-0.2, -0.15) is 0 Å². The molecule has 1 N–H and O–H groups in total. The SMILES string of the molecule is CC(C)CC(=O)c1ccc(Nc2c(F)cccc2F)nc1. The molecule has 0 aliphatic rings. The molecular weight excluding hydrogens is 274 g/mol. The summed E-state index contributed by atoms with van der Waals surface area (Å²) in [6, 6.07) is 6.73. The third-order valence-electron chi connectivity index (χ3n) is 2.89. The van der Waals surface area contributed by atoms with Crippen molar-refractivity contribution in [3.8, 4) is 0 Å². The van der Waals surface area contributed by atoms with Crippen LogP contribution >= 0.6 is 0 Å². The van der Waals surface area contributed by atoms with Gasteiger partial charge in [0.05, 0.1) is 0 Å². The van der Waals surface area contributed by atoms with Gasteiger partial charge >= 0.3 is 0 Å². The molecule has 110 valence electrons. The Morgan fingerprint density at radius 1 is 1.19 bits per heavy atom. The zero-order chi connectivity index (χ0) is 15.4. The van der Waals surface area contributed by atoms with Crippen molar-refractivity contribution >= 4 is 17.3 Å². The van der Waals surface area contributed by atoms with E-state index < -0.39 is 11.6 Å². The van der Waals surface area contributed by atoms with Gasteiger partial charge in [-0.3, -0.25) is 4.79 Å². The molecule has 21 heavy (non-hydrogen) atoms. The highest BCUT2D eigenvalue weighted by atomic mass is 19.1. The van der Waals surface area contributed by atoms with Crippen LogP contribution in [0.4, 0.5) is 20.3 Å². The maximum absolute atomic E-state index is 13.5. The number of ketones is 1. The fraction of sp³-hybridized carbons (Fsp3) is 0.250. The zero-order valence-corrected chi connectivity index (χ0v) is 11.9. The predicted molar refractivity (Wildman–Crippen MR) is 77.7 cm³/mol. The van der Waals surface area contributed by atoms with E-state index in [1.165, 1.54) is 18.3 Å². The van der Waals surface area contributed by atoms with Gasteiger partial charge in [0.2, 0.25) is 0 Å². The van der Waals surface area contributed by atoms with Gasteiger partial charge in [-0.1, -0.05) is 19.9 Å². The van der Waals surface area contributed by atoms with Crippen LogP contribution in [0.2, 0.25) is 0 Å². The number of nitrogens with one attached hydrogen (secondary N) is 1. The Morgan fingerprint density at radius 2 is 1.86 bits per heavy atom. The number of para-hydroxylation sites is 1. The van der Waals surface area contributed by atoms with Gasteiger partial charge in [-0.05, 0) is 30.2 Å². The molecule has 2 rings (SSSR count). The summed E-state index contributed by atoms with van der Waals surface area (Å²) in [5.74, 6) is -0.849. The third kappa shape index (κ3) is 3.84. The Balaban J connectivity index is 2.15. The summed E-state index contributed by atoms with van der Waals surface area (Å²) in [6.45, 7) is 3.92. The Bertz CT molecular complexity index is 619. The summed E-state index contributed by atoms with van der Waals surface area (Å²) in [5.41, 5.74) is 0.231. The van der Waals surface area contributed by atoms with Crippen LogP contribution in [0.1, 0.15) is 30.6 Å². The minimum absolute atomic E-state index is 0.00104. The smallest absolute Gasteiger partial charge is 0.164 e. The number of carbonyl (C=O) groups excluding carboxylic acids is 1. The summed E-state index contributed by atoms with van der Waals surface area (Å²) in [4.78, 5) is 15.9. The van der Waals surface area contributed by atoms with Gasteiger partial charge in [-0.25, -0.2) is 13.8 Å². The molecule has 1 aromatic heterocycles. The normalized spacial score (nSPS) is 10.7. The lowest BCUT2D eigenvalue weighted by molar-refractivity contribution is 0.0967. The molecule has 0 unspecified atom stereocenters. The van der Waals surface area contributed by atoms with Crippen LogP contribution in [0.15, 0.2) is 36.5 Å². The minimum atomic E-state index is -0.697. The van der Waals surface area contributed by atoms with Gasteiger partial charge < -0.3 is 5.32 Å². The highest BCUT2D eigenvalue weighted by Gasteiger charge is 2.11. The Kier molecular flexibility index (Phi) is 4.62. The van der Waals surface area contributed by atoms with Crippen LogP contribution < -0.4 is 5.32 Å². The third-order valence-corrected chi connectivity index (χ3v) is 2.89. The first-order valence-electron chi connectivity index (χ1n) is 6.67. The molecule has 0 spiro atoms. The van der Waals surface area contributed by atoms with Gasteiger partial charge in [-0.15, -0.1) is 0 Å². The van der Waals surface area contributed by atoms with Crippen molar-refractivity contribution < 1.29 is 13.6 Å². The van der Waals surface area contributed by atoms with Crippen molar-refractivity contribution in [2.75, 3.05) is 5.32 Å². The van der Waals surface area contributed by atoms with E-state index in [2.05, 4.69) is 10.3 Å². The number of pyridine rings is 1. The highest BCUT2D eigenvalue weighted by Crippen LogP contribution is 2.22. The van der Waals surface area contributed by atoms with Gasteiger partial charge in [0.1, 0.15) is 23.1 Å². The van der Waals surface area contributed by atoms with Crippen molar-refractivity contribution in [2.24, 2.45) is 5.92 Å². The number of nitrogens with zero attached hydrogens (tertiary/aromatic N) is 1. The van der Waals surface area contributed by atoms with E-state index in [4.69, 9.17) is 0 Å². The maximum Gasteiger partial charge on any atom is 0.164 e. The van der Waals surface area contributed by atoms with Crippen LogP contribution in [0, 0.1) is 17.6 Å². The molecule has 0 aliphatic carbocycles. The second-order valence-corrected chi connectivity index (χ2v) is 5.17. The van der Waals surface area contributed by atoms with Crippen molar-refractivity contribution in [1.82, 2.24) is 4.98 Å². The minimum Gasteiger partial charge on any atom is -0.335 e. The Labute approximate surface area is 122 Å². The van der Waals surface area contributed by atoms with E-state index in [0.717, 1.165) is 12.1 Å². The molecule has 0 atom stereocenters. The van der Waals surface area contributed by atoms with Gasteiger partial charge in [0.15, 0.2) is 5.78 Å². The summed E-state index contributed by atoms with van der Waals surface area (Å²) in [5, 5.41) is 2.57. The molecule has 0 bridgehead atoms. The number of anilines is 2. The molecule has 1 heterocycles. The summed E-state index contributed by atoms with van der Waals surface area (Å²) < 4.78 is 27.0. The molecule has 1 aromatic carbocycles. The van der Waals surface area contributed by atoms with Crippen molar-refractivity contribution in [2.45, 2.75) is 20.3 Å². The first kappa shape index (κ1) is 15.1. The lowest BCUT2D eigenvalue weighted by Gasteiger charge is -2.08. The van der Waals surface area contributed by atoms with Crippen LogP contribution in [0.3, 0.4) is 0 Å². The van der Waals surface area contributed by atoms with E-state index in [1.807, 2.05) is 13.8 Å². The molecule has 3 nitrogen and oxygen atoms in total. The number of rotatable bonds is 5. The summed E-state index contributed by atoms with van der Waals surface area (Å²) >= 11 is 0. The first-order valence-corrected chi connectivity index (χ1v) is 6.67. The average molecular weight is 290 g/mol. The molecule has 0 radical (unpaired) electrons. The van der Waals surface area contributed by atoms with Crippen LogP contribution in [-0.4, -0.2) is 10.8 Å². The van der Waals surface area contributed by atoms with E-state index >= 15 is 0 Å². The molecule has 5 heteroatoms. The molecule has 0 amide bonds. The number of halogens is 2. The molecule has 0 saturated carbocycles. The van der Waals surface area contributed by atoms with Crippen LogP contribution in [-0.2, 0) is 0 Å². The summed E-state index contributed by atoms with van der Waals surface area (Å²) in [6.07, 6.45) is 1.85. The quantitative estimate of drug-likeness (QED) is 0.833. The lowest BCUT2D eigenvalue weighted by Crippen LogP contribution is -2.05. The number of hydrogen-bond acceptors (Lipinski definition) is 3. The molecular formula is C16H16F2N2O.